The van der Waals surface area contributed by atoms with Crippen LogP contribution in [-0.4, -0.2) is 63.4 Å². The minimum atomic E-state index is -0.516. The Morgan fingerprint density at radius 3 is 2.72 bits per heavy atom. The second-order valence-electron chi connectivity index (χ2n) is 9.33. The summed E-state index contributed by atoms with van der Waals surface area (Å²) in [6.45, 7) is 5.79. The fourth-order valence-corrected chi connectivity index (χ4v) is 6.42. The smallest absolute Gasteiger partial charge is 0.307 e. The molecule has 4 heterocycles. The van der Waals surface area contributed by atoms with Crippen LogP contribution >= 0.6 is 0 Å². The highest BCUT2D eigenvalue weighted by atomic mass is 16.6. The molecular formula is C22H32N4O3. The number of imidazole rings is 1. The Balaban J connectivity index is 1.35. The first-order valence-corrected chi connectivity index (χ1v) is 11.4. The van der Waals surface area contributed by atoms with Crippen molar-refractivity contribution < 1.29 is 14.3 Å². The molecule has 158 valence electrons. The molecule has 1 aromatic rings. The number of ether oxygens (including phenoxy) is 1. The third-order valence-corrected chi connectivity index (χ3v) is 7.86. The summed E-state index contributed by atoms with van der Waals surface area (Å²) in [5.74, 6) is -0.348. The molecule has 1 saturated carbocycles. The summed E-state index contributed by atoms with van der Waals surface area (Å²) in [4.78, 5) is 38.1. The van der Waals surface area contributed by atoms with Crippen LogP contribution in [-0.2, 0) is 26.3 Å². The van der Waals surface area contributed by atoms with Crippen molar-refractivity contribution in [1.29, 1.82) is 0 Å². The molecule has 0 aromatic carbocycles. The summed E-state index contributed by atoms with van der Waals surface area (Å²) in [5.41, 5.74) is 1.87. The average molecular weight is 401 g/mol. The maximum atomic E-state index is 13.4. The number of amides is 1. The second kappa shape index (κ2) is 7.11. The predicted molar refractivity (Wildman–Crippen MR) is 107 cm³/mol. The van der Waals surface area contributed by atoms with Crippen LogP contribution in [0.4, 0.5) is 0 Å². The number of hydrogen-bond donors (Lipinski definition) is 1. The Morgan fingerprint density at radius 1 is 1.24 bits per heavy atom. The molecule has 1 N–H and O–H groups in total. The van der Waals surface area contributed by atoms with E-state index in [2.05, 4.69) is 16.8 Å². The number of aromatic nitrogens is 2. The lowest BCUT2D eigenvalue weighted by Crippen LogP contribution is -2.58. The molecule has 4 aliphatic rings. The predicted octanol–water partition coefficient (Wildman–Crippen LogP) is 2.37. The van der Waals surface area contributed by atoms with Crippen molar-refractivity contribution in [2.45, 2.75) is 75.9 Å². The summed E-state index contributed by atoms with van der Waals surface area (Å²) in [5, 5.41) is 0. The van der Waals surface area contributed by atoms with Crippen LogP contribution in [0.2, 0.25) is 0 Å². The van der Waals surface area contributed by atoms with Gasteiger partial charge in [-0.15, -0.1) is 0 Å². The van der Waals surface area contributed by atoms with E-state index >= 15 is 0 Å². The molecule has 1 aromatic heterocycles. The number of hydrogen-bond acceptors (Lipinski definition) is 5. The number of nitrogens with zero attached hydrogens (tertiary/aromatic N) is 3. The molecule has 1 aliphatic carbocycles. The van der Waals surface area contributed by atoms with E-state index in [1.54, 1.807) is 0 Å². The fraction of sp³-hybridized carbons (Fsp3) is 0.773. The second-order valence-corrected chi connectivity index (χ2v) is 9.33. The van der Waals surface area contributed by atoms with E-state index in [1.807, 2.05) is 11.2 Å². The summed E-state index contributed by atoms with van der Waals surface area (Å²) >= 11 is 0. The number of fused-ring (bicyclic) bond motifs is 2. The molecule has 7 nitrogen and oxygen atoms in total. The van der Waals surface area contributed by atoms with Crippen molar-refractivity contribution in [1.82, 2.24) is 19.8 Å². The fourth-order valence-electron chi connectivity index (χ4n) is 6.42. The number of nitrogens with one attached hydrogen (secondary N) is 1. The number of H-pyrrole nitrogens is 1. The topological polar surface area (TPSA) is 78.5 Å². The van der Waals surface area contributed by atoms with E-state index in [-0.39, 0.29) is 29.8 Å². The van der Waals surface area contributed by atoms with Gasteiger partial charge in [0.2, 0.25) is 5.91 Å². The van der Waals surface area contributed by atoms with E-state index in [0.29, 0.717) is 0 Å². The SMILES string of the molecule is CCCN1CCc2[nH]cnc2C12CCN(C(=O)[C@H]1CC(=O)OC13CCCC3)CC2. The molecule has 3 aliphatic heterocycles. The third-order valence-electron chi connectivity index (χ3n) is 7.86. The summed E-state index contributed by atoms with van der Waals surface area (Å²) in [7, 11) is 0. The number of aromatic amines is 1. The molecule has 0 radical (unpaired) electrons. The van der Waals surface area contributed by atoms with Crippen LogP contribution in [0.25, 0.3) is 0 Å². The van der Waals surface area contributed by atoms with E-state index in [1.165, 1.54) is 11.4 Å². The largest absolute Gasteiger partial charge is 0.458 e. The molecule has 3 fully saturated rings. The molecule has 0 bridgehead atoms. The Hall–Kier alpha value is -1.89. The number of likely N-dealkylation sites (tertiary alicyclic amines) is 1. The van der Waals surface area contributed by atoms with Gasteiger partial charge < -0.3 is 14.6 Å². The number of rotatable bonds is 3. The van der Waals surface area contributed by atoms with Gasteiger partial charge in [-0.25, -0.2) is 4.98 Å². The summed E-state index contributed by atoms with van der Waals surface area (Å²) in [6, 6.07) is 0. The number of piperidine rings is 1. The number of carbonyl (C=O) groups is 2. The zero-order valence-corrected chi connectivity index (χ0v) is 17.4. The first kappa shape index (κ1) is 19.1. The molecule has 1 atom stereocenters. The highest BCUT2D eigenvalue weighted by molar-refractivity contribution is 5.88. The molecule has 2 saturated heterocycles. The van der Waals surface area contributed by atoms with Gasteiger partial charge >= 0.3 is 5.97 Å². The van der Waals surface area contributed by atoms with Crippen molar-refractivity contribution in [3.05, 3.63) is 17.7 Å². The number of esters is 1. The van der Waals surface area contributed by atoms with Gasteiger partial charge in [0.25, 0.3) is 0 Å². The Kier molecular flexibility index (Phi) is 4.68. The van der Waals surface area contributed by atoms with Gasteiger partial charge in [-0.3, -0.25) is 14.5 Å². The van der Waals surface area contributed by atoms with Gasteiger partial charge in [-0.05, 0) is 51.5 Å². The van der Waals surface area contributed by atoms with Crippen molar-refractivity contribution in [2.75, 3.05) is 26.2 Å². The van der Waals surface area contributed by atoms with E-state index < -0.39 is 5.60 Å². The highest BCUT2D eigenvalue weighted by Crippen LogP contribution is 2.47. The molecule has 2 spiro atoms. The first-order chi connectivity index (χ1) is 14.1. The van der Waals surface area contributed by atoms with Crippen LogP contribution in [0.15, 0.2) is 6.33 Å². The van der Waals surface area contributed by atoms with Gasteiger partial charge in [0.15, 0.2) is 0 Å². The quantitative estimate of drug-likeness (QED) is 0.788. The van der Waals surface area contributed by atoms with Crippen LogP contribution in [0.3, 0.4) is 0 Å². The van der Waals surface area contributed by atoms with Gasteiger partial charge in [0.1, 0.15) is 5.60 Å². The van der Waals surface area contributed by atoms with Crippen molar-refractivity contribution >= 4 is 11.9 Å². The van der Waals surface area contributed by atoms with Gasteiger partial charge in [0.05, 0.1) is 29.9 Å². The van der Waals surface area contributed by atoms with E-state index in [9.17, 15) is 9.59 Å². The van der Waals surface area contributed by atoms with E-state index in [4.69, 9.17) is 9.72 Å². The Morgan fingerprint density at radius 2 is 2.00 bits per heavy atom. The molecule has 0 unspecified atom stereocenters. The van der Waals surface area contributed by atoms with Crippen molar-refractivity contribution in [3.8, 4) is 0 Å². The zero-order chi connectivity index (χ0) is 20.1. The standard InChI is InChI=1S/C22H32N4O3/c1-2-10-26-11-5-17-19(24-15-23-17)21(26)8-12-25(13-9-21)20(28)16-14-18(27)29-22(16)6-3-4-7-22/h15-16H,2-14H2,1H3,(H,23,24)/t16-/m1/s1. The van der Waals surface area contributed by atoms with E-state index in [0.717, 1.165) is 77.5 Å². The molecule has 7 heteroatoms. The zero-order valence-electron chi connectivity index (χ0n) is 17.4. The lowest BCUT2D eigenvalue weighted by molar-refractivity contribution is -0.152. The van der Waals surface area contributed by atoms with Crippen LogP contribution in [0.1, 0.15) is 69.7 Å². The van der Waals surface area contributed by atoms with Gasteiger partial charge in [-0.1, -0.05) is 6.92 Å². The van der Waals surface area contributed by atoms with Crippen LogP contribution in [0.5, 0.6) is 0 Å². The molecule has 29 heavy (non-hydrogen) atoms. The molecular weight excluding hydrogens is 368 g/mol. The summed E-state index contributed by atoms with van der Waals surface area (Å²) in [6.07, 6.45) is 9.81. The lowest BCUT2D eigenvalue weighted by Gasteiger charge is -2.51. The van der Waals surface area contributed by atoms with Gasteiger partial charge in [0, 0.05) is 31.7 Å². The minimum absolute atomic E-state index is 0.0621. The Labute approximate surface area is 172 Å². The number of carbonyl (C=O) groups excluding carboxylic acids is 2. The summed E-state index contributed by atoms with van der Waals surface area (Å²) < 4.78 is 5.72. The minimum Gasteiger partial charge on any atom is -0.458 e. The van der Waals surface area contributed by atoms with Gasteiger partial charge in [-0.2, -0.15) is 0 Å². The lowest BCUT2D eigenvalue weighted by atomic mass is 9.77. The highest BCUT2D eigenvalue weighted by Gasteiger charge is 2.56. The maximum absolute atomic E-state index is 13.4. The maximum Gasteiger partial charge on any atom is 0.307 e. The van der Waals surface area contributed by atoms with Crippen molar-refractivity contribution in [2.24, 2.45) is 5.92 Å². The molecule has 5 rings (SSSR count). The van der Waals surface area contributed by atoms with Crippen molar-refractivity contribution in [3.63, 3.8) is 0 Å². The van der Waals surface area contributed by atoms with Crippen LogP contribution in [0, 0.1) is 5.92 Å². The van der Waals surface area contributed by atoms with Crippen LogP contribution < -0.4 is 0 Å². The molecule has 1 amide bonds. The normalized spacial score (nSPS) is 28.1. The first-order valence-electron chi connectivity index (χ1n) is 11.4. The Bertz CT molecular complexity index is 790. The monoisotopic (exact) mass is 400 g/mol. The third kappa shape index (κ3) is 2.92. The average Bonchev–Trinajstić information content (AvgIpc) is 3.45.